The van der Waals surface area contributed by atoms with E-state index in [0.717, 1.165) is 5.56 Å². The van der Waals surface area contributed by atoms with E-state index in [9.17, 15) is 0 Å². The van der Waals surface area contributed by atoms with E-state index in [0.29, 0.717) is 15.4 Å². The van der Waals surface area contributed by atoms with Gasteiger partial charge in [0, 0.05) is 20.9 Å². The molecule has 4 heteroatoms. The van der Waals surface area contributed by atoms with Crippen LogP contribution in [0.3, 0.4) is 0 Å². The predicted molar refractivity (Wildman–Crippen MR) is 67.8 cm³/mol. The van der Waals surface area contributed by atoms with Crippen LogP contribution < -0.4 is 0 Å². The van der Waals surface area contributed by atoms with E-state index in [2.05, 4.69) is 21.9 Å². The van der Waals surface area contributed by atoms with Gasteiger partial charge in [-0.15, -0.1) is 6.42 Å². The van der Waals surface area contributed by atoms with Gasteiger partial charge in [0.2, 0.25) is 0 Å². The second-order valence-electron chi connectivity index (χ2n) is 2.79. The molecule has 1 unspecified atom stereocenters. The van der Waals surface area contributed by atoms with Crippen LogP contribution in [-0.2, 0) is 4.74 Å². The van der Waals surface area contributed by atoms with Gasteiger partial charge >= 0.3 is 0 Å². The third kappa shape index (κ3) is 3.39. The molecule has 1 rings (SSSR count). The average Bonchev–Trinajstić information content (AvgIpc) is 2.22. The summed E-state index contributed by atoms with van der Waals surface area (Å²) in [7, 11) is 0. The number of benzene rings is 1. The highest BCUT2D eigenvalue weighted by Crippen LogP contribution is 2.33. The van der Waals surface area contributed by atoms with Crippen LogP contribution in [0.5, 0.6) is 0 Å². The lowest BCUT2D eigenvalue weighted by Gasteiger charge is -2.16. The molecule has 0 N–H and O–H groups in total. The molecule has 1 aromatic carbocycles. The summed E-state index contributed by atoms with van der Waals surface area (Å²) < 4.78 is 5.44. The molecule has 0 aliphatic carbocycles. The Morgan fingerprint density at radius 1 is 1.40 bits per heavy atom. The van der Waals surface area contributed by atoms with Crippen LogP contribution in [0.15, 0.2) is 18.2 Å². The minimum absolute atomic E-state index is 0.220. The maximum absolute atomic E-state index is 6.05. The third-order valence-electron chi connectivity index (χ3n) is 1.83. The fraction of sp³-hybridized carbons (Fsp3) is 0.273. The van der Waals surface area contributed by atoms with Gasteiger partial charge in [0.05, 0.1) is 6.10 Å². The fourth-order valence-electron chi connectivity index (χ4n) is 1.17. The van der Waals surface area contributed by atoms with Crippen molar-refractivity contribution in [1.82, 2.24) is 0 Å². The van der Waals surface area contributed by atoms with Crippen LogP contribution >= 0.6 is 39.1 Å². The van der Waals surface area contributed by atoms with Crippen molar-refractivity contribution in [2.45, 2.75) is 6.10 Å². The quantitative estimate of drug-likeness (QED) is 0.601. The molecular weight excluding hydrogens is 299 g/mol. The Balaban J connectivity index is 2.96. The first-order valence-electron chi connectivity index (χ1n) is 4.25. The lowest BCUT2D eigenvalue weighted by atomic mass is 10.1. The van der Waals surface area contributed by atoms with E-state index < -0.39 is 0 Å². The monoisotopic (exact) mass is 306 g/mol. The molecule has 0 bridgehead atoms. The van der Waals surface area contributed by atoms with Crippen molar-refractivity contribution in [1.29, 1.82) is 0 Å². The van der Waals surface area contributed by atoms with Crippen molar-refractivity contribution < 1.29 is 4.74 Å². The average molecular weight is 308 g/mol. The van der Waals surface area contributed by atoms with Crippen LogP contribution in [0.4, 0.5) is 0 Å². The highest BCUT2D eigenvalue weighted by molar-refractivity contribution is 9.09. The summed E-state index contributed by atoms with van der Waals surface area (Å²) in [6.45, 7) is 0.234. The highest BCUT2D eigenvalue weighted by atomic mass is 79.9. The second kappa shape index (κ2) is 6.40. The van der Waals surface area contributed by atoms with Crippen molar-refractivity contribution in [2.24, 2.45) is 0 Å². The Hall–Kier alpha value is -0.200. The van der Waals surface area contributed by atoms with E-state index in [1.807, 2.05) is 0 Å². The maximum Gasteiger partial charge on any atom is 0.108 e. The van der Waals surface area contributed by atoms with Crippen LogP contribution in [0.1, 0.15) is 11.7 Å². The molecule has 0 fully saturated rings. The molecule has 0 saturated carbocycles. The van der Waals surface area contributed by atoms with E-state index in [1.54, 1.807) is 18.2 Å². The van der Waals surface area contributed by atoms with E-state index in [4.69, 9.17) is 34.4 Å². The van der Waals surface area contributed by atoms with Crippen molar-refractivity contribution in [3.8, 4) is 12.3 Å². The topological polar surface area (TPSA) is 9.23 Å². The van der Waals surface area contributed by atoms with Gasteiger partial charge in [0.15, 0.2) is 0 Å². The number of alkyl halides is 1. The van der Waals surface area contributed by atoms with Crippen LogP contribution in [0.2, 0.25) is 10.0 Å². The summed E-state index contributed by atoms with van der Waals surface area (Å²) in [4.78, 5) is 0. The van der Waals surface area contributed by atoms with Gasteiger partial charge in [-0.1, -0.05) is 51.1 Å². The minimum Gasteiger partial charge on any atom is -0.360 e. The molecule has 1 atom stereocenters. The van der Waals surface area contributed by atoms with Crippen LogP contribution in [0.25, 0.3) is 0 Å². The van der Waals surface area contributed by atoms with Gasteiger partial charge in [-0.3, -0.25) is 0 Å². The molecule has 15 heavy (non-hydrogen) atoms. The van der Waals surface area contributed by atoms with E-state index in [1.165, 1.54) is 0 Å². The van der Waals surface area contributed by atoms with E-state index in [-0.39, 0.29) is 12.7 Å². The number of ether oxygens (including phenoxy) is 1. The maximum atomic E-state index is 6.05. The number of hydrogen-bond acceptors (Lipinski definition) is 1. The second-order valence-corrected chi connectivity index (χ2v) is 4.26. The lowest BCUT2D eigenvalue weighted by Crippen LogP contribution is -2.07. The van der Waals surface area contributed by atoms with Gasteiger partial charge in [-0.2, -0.15) is 0 Å². The molecular formula is C11H9BrCl2O. The SMILES string of the molecule is C#CCOC(CBr)c1c(Cl)cccc1Cl. The number of terminal acetylenes is 1. The van der Waals surface area contributed by atoms with Crippen LogP contribution in [-0.4, -0.2) is 11.9 Å². The molecule has 0 aromatic heterocycles. The first-order chi connectivity index (χ1) is 7.20. The molecule has 1 aromatic rings. The smallest absolute Gasteiger partial charge is 0.108 e. The summed E-state index contributed by atoms with van der Waals surface area (Å²) in [5.74, 6) is 2.41. The standard InChI is InChI=1S/C11H9BrCl2O/c1-2-6-15-10(7-12)11-8(13)4-3-5-9(11)14/h1,3-5,10H,6-7H2. The Morgan fingerprint density at radius 3 is 2.47 bits per heavy atom. The molecule has 0 saturated heterocycles. The zero-order valence-electron chi connectivity index (χ0n) is 7.84. The summed E-state index contributed by atoms with van der Waals surface area (Å²) in [6, 6.07) is 5.34. The number of halogens is 3. The summed E-state index contributed by atoms with van der Waals surface area (Å²) in [5, 5.41) is 1.77. The zero-order valence-corrected chi connectivity index (χ0v) is 10.9. The molecule has 0 heterocycles. The summed E-state index contributed by atoms with van der Waals surface area (Å²) >= 11 is 15.4. The van der Waals surface area contributed by atoms with Gasteiger partial charge in [0.1, 0.15) is 6.61 Å². The molecule has 0 aliphatic heterocycles. The van der Waals surface area contributed by atoms with Gasteiger partial charge in [-0.25, -0.2) is 0 Å². The predicted octanol–water partition coefficient (Wildman–Crippen LogP) is 4.08. The summed E-state index contributed by atoms with van der Waals surface area (Å²) in [5.41, 5.74) is 0.771. The van der Waals surface area contributed by atoms with Gasteiger partial charge < -0.3 is 4.74 Å². The summed E-state index contributed by atoms with van der Waals surface area (Å²) in [6.07, 6.45) is 4.91. The van der Waals surface area contributed by atoms with Crippen molar-refractivity contribution in [3.05, 3.63) is 33.8 Å². The Bertz CT molecular complexity index is 353. The molecule has 0 radical (unpaired) electrons. The third-order valence-corrected chi connectivity index (χ3v) is 3.08. The number of hydrogen-bond donors (Lipinski definition) is 0. The molecule has 0 spiro atoms. The first-order valence-corrected chi connectivity index (χ1v) is 6.13. The molecule has 1 nitrogen and oxygen atoms in total. The van der Waals surface area contributed by atoms with Crippen molar-refractivity contribution in [2.75, 3.05) is 11.9 Å². The Labute approximate surface area is 108 Å². The molecule has 0 aliphatic rings. The van der Waals surface area contributed by atoms with E-state index >= 15 is 0 Å². The van der Waals surface area contributed by atoms with Crippen LogP contribution in [0, 0.1) is 12.3 Å². The zero-order chi connectivity index (χ0) is 11.3. The number of rotatable bonds is 4. The van der Waals surface area contributed by atoms with Gasteiger partial charge in [-0.05, 0) is 12.1 Å². The minimum atomic E-state index is -0.220. The highest BCUT2D eigenvalue weighted by Gasteiger charge is 2.17. The lowest BCUT2D eigenvalue weighted by molar-refractivity contribution is 0.0973. The fourth-order valence-corrected chi connectivity index (χ4v) is 2.32. The Kier molecular flexibility index (Phi) is 5.49. The molecule has 80 valence electrons. The van der Waals surface area contributed by atoms with Gasteiger partial charge in [0.25, 0.3) is 0 Å². The Morgan fingerprint density at radius 2 is 2.00 bits per heavy atom. The van der Waals surface area contributed by atoms with Crippen molar-refractivity contribution >= 4 is 39.1 Å². The molecule has 0 amide bonds. The normalized spacial score (nSPS) is 12.1. The van der Waals surface area contributed by atoms with Crippen molar-refractivity contribution in [3.63, 3.8) is 0 Å². The largest absolute Gasteiger partial charge is 0.360 e. The first kappa shape index (κ1) is 12.9.